The first-order chi connectivity index (χ1) is 13.2. The third kappa shape index (κ3) is 4.38. The normalized spacial score (nSPS) is 21.8. The first-order valence-corrected chi connectivity index (χ1v) is 10.6. The highest BCUT2D eigenvalue weighted by molar-refractivity contribution is 7.91. The lowest BCUT2D eigenvalue weighted by Gasteiger charge is -2.26. The molecule has 28 heavy (non-hydrogen) atoms. The average molecular weight is 408 g/mol. The van der Waals surface area contributed by atoms with Crippen molar-refractivity contribution in [3.8, 4) is 0 Å². The number of fused-ring (bicyclic) bond motifs is 1. The number of carbonyl (C=O) groups excluding carboxylic acids is 4. The molecule has 2 heterocycles. The van der Waals surface area contributed by atoms with Crippen molar-refractivity contribution in [2.45, 2.75) is 31.9 Å². The van der Waals surface area contributed by atoms with Crippen molar-refractivity contribution >= 4 is 33.5 Å². The topological polar surface area (TPSA) is 127 Å². The predicted molar refractivity (Wildman–Crippen MR) is 96.9 cm³/mol. The van der Waals surface area contributed by atoms with Crippen molar-refractivity contribution in [3.05, 3.63) is 35.4 Å². The second-order valence-electron chi connectivity index (χ2n) is 6.86. The fraction of sp³-hybridized carbons (Fsp3) is 0.444. The number of ether oxygens (including phenoxy) is 1. The predicted octanol–water partition coefficient (Wildman–Crippen LogP) is -0.553. The van der Waals surface area contributed by atoms with Gasteiger partial charge in [-0.15, -0.1) is 0 Å². The second kappa shape index (κ2) is 7.70. The minimum atomic E-state index is -3.15. The van der Waals surface area contributed by atoms with Gasteiger partial charge in [0, 0.05) is 11.6 Å². The number of hydrogen-bond donors (Lipinski definition) is 1. The van der Waals surface area contributed by atoms with E-state index < -0.39 is 52.2 Å². The van der Waals surface area contributed by atoms with Gasteiger partial charge in [0.15, 0.2) is 15.9 Å². The van der Waals surface area contributed by atoms with Crippen LogP contribution in [0.4, 0.5) is 0 Å². The number of hydrogen-bond acceptors (Lipinski definition) is 7. The Hall–Kier alpha value is -2.75. The lowest BCUT2D eigenvalue weighted by Crippen LogP contribution is -2.47. The average Bonchev–Trinajstić information content (AvgIpc) is 2.97. The highest BCUT2D eigenvalue weighted by Gasteiger charge is 2.34. The van der Waals surface area contributed by atoms with Crippen LogP contribution < -0.4 is 5.32 Å². The highest BCUT2D eigenvalue weighted by atomic mass is 32.2. The van der Waals surface area contributed by atoms with Crippen LogP contribution in [-0.4, -0.2) is 67.2 Å². The SMILES string of the molecule is C[C@H](OC(=O)CN1C(=O)Cc2ccccc2C1=O)C(=O)N[C@@H]1CCS(=O)(=O)C1. The zero-order valence-electron chi connectivity index (χ0n) is 15.2. The van der Waals surface area contributed by atoms with E-state index in [4.69, 9.17) is 4.74 Å². The molecule has 0 spiro atoms. The van der Waals surface area contributed by atoms with Crippen molar-refractivity contribution in [1.29, 1.82) is 0 Å². The number of amides is 3. The fourth-order valence-electron chi connectivity index (χ4n) is 3.20. The van der Waals surface area contributed by atoms with Gasteiger partial charge in [0.2, 0.25) is 5.91 Å². The van der Waals surface area contributed by atoms with Gasteiger partial charge in [-0.3, -0.25) is 24.1 Å². The number of esters is 1. The van der Waals surface area contributed by atoms with Crippen molar-refractivity contribution in [2.75, 3.05) is 18.1 Å². The molecule has 2 atom stereocenters. The Labute approximate surface area is 161 Å². The zero-order valence-corrected chi connectivity index (χ0v) is 16.0. The summed E-state index contributed by atoms with van der Waals surface area (Å²) in [4.78, 5) is 49.6. The van der Waals surface area contributed by atoms with Gasteiger partial charge in [-0.1, -0.05) is 18.2 Å². The van der Waals surface area contributed by atoms with E-state index in [-0.39, 0.29) is 17.9 Å². The van der Waals surface area contributed by atoms with Gasteiger partial charge in [-0.25, -0.2) is 8.42 Å². The summed E-state index contributed by atoms with van der Waals surface area (Å²) >= 11 is 0. The van der Waals surface area contributed by atoms with Crippen LogP contribution in [0.2, 0.25) is 0 Å². The third-order valence-corrected chi connectivity index (χ3v) is 6.45. The standard InChI is InChI=1S/C18H20N2O7S/c1-11(17(23)19-13-6-7-28(25,26)10-13)27-16(22)9-20-15(21)8-12-4-2-3-5-14(12)18(20)24/h2-5,11,13H,6-10H2,1H3,(H,19,23)/t11-,13+/m0/s1. The van der Waals surface area contributed by atoms with Gasteiger partial charge >= 0.3 is 5.97 Å². The smallest absolute Gasteiger partial charge is 0.326 e. The highest BCUT2D eigenvalue weighted by Crippen LogP contribution is 2.19. The van der Waals surface area contributed by atoms with Gasteiger partial charge in [-0.2, -0.15) is 0 Å². The third-order valence-electron chi connectivity index (χ3n) is 4.68. The van der Waals surface area contributed by atoms with Crippen LogP contribution in [0, 0.1) is 0 Å². The van der Waals surface area contributed by atoms with E-state index in [2.05, 4.69) is 5.32 Å². The molecule has 10 heteroatoms. The first kappa shape index (κ1) is 20.0. The van der Waals surface area contributed by atoms with E-state index >= 15 is 0 Å². The van der Waals surface area contributed by atoms with E-state index in [1.807, 2.05) is 0 Å². The Kier molecular flexibility index (Phi) is 5.50. The van der Waals surface area contributed by atoms with E-state index in [0.717, 1.165) is 4.90 Å². The molecular weight excluding hydrogens is 388 g/mol. The largest absolute Gasteiger partial charge is 0.451 e. The molecule has 0 unspecified atom stereocenters. The number of nitrogens with zero attached hydrogens (tertiary/aromatic N) is 1. The summed E-state index contributed by atoms with van der Waals surface area (Å²) in [6, 6.07) is 6.13. The fourth-order valence-corrected chi connectivity index (χ4v) is 4.88. The number of carbonyl (C=O) groups is 4. The van der Waals surface area contributed by atoms with Gasteiger partial charge in [-0.05, 0) is 25.0 Å². The summed E-state index contributed by atoms with van der Waals surface area (Å²) in [6.07, 6.45) is -0.871. The molecule has 0 aromatic heterocycles. The Morgan fingerprint density at radius 1 is 1.29 bits per heavy atom. The van der Waals surface area contributed by atoms with E-state index in [1.54, 1.807) is 24.3 Å². The van der Waals surface area contributed by atoms with Crippen LogP contribution in [0.25, 0.3) is 0 Å². The van der Waals surface area contributed by atoms with Crippen molar-refractivity contribution in [1.82, 2.24) is 10.2 Å². The van der Waals surface area contributed by atoms with Crippen LogP contribution >= 0.6 is 0 Å². The van der Waals surface area contributed by atoms with Gasteiger partial charge < -0.3 is 10.1 Å². The molecule has 0 bridgehead atoms. The van der Waals surface area contributed by atoms with Gasteiger partial charge in [0.05, 0.1) is 17.9 Å². The molecule has 2 aliphatic heterocycles. The Morgan fingerprint density at radius 3 is 2.68 bits per heavy atom. The monoisotopic (exact) mass is 408 g/mol. The maximum Gasteiger partial charge on any atom is 0.326 e. The molecule has 0 saturated carbocycles. The second-order valence-corrected chi connectivity index (χ2v) is 9.09. The van der Waals surface area contributed by atoms with Gasteiger partial charge in [0.1, 0.15) is 6.54 Å². The van der Waals surface area contributed by atoms with Crippen molar-refractivity contribution in [3.63, 3.8) is 0 Å². The lowest BCUT2D eigenvalue weighted by molar-refractivity contribution is -0.157. The summed E-state index contributed by atoms with van der Waals surface area (Å²) in [7, 11) is -3.15. The molecule has 1 aromatic rings. The van der Waals surface area contributed by atoms with E-state index in [9.17, 15) is 27.6 Å². The number of nitrogens with one attached hydrogen (secondary N) is 1. The molecule has 9 nitrogen and oxygen atoms in total. The summed E-state index contributed by atoms with van der Waals surface area (Å²) in [5, 5.41) is 2.53. The number of imide groups is 1. The molecule has 1 fully saturated rings. The summed E-state index contributed by atoms with van der Waals surface area (Å²) in [6.45, 7) is 0.743. The minimum Gasteiger partial charge on any atom is -0.451 e. The first-order valence-electron chi connectivity index (χ1n) is 8.79. The molecule has 1 aromatic carbocycles. The zero-order chi connectivity index (χ0) is 20.5. The molecule has 3 amide bonds. The quantitative estimate of drug-likeness (QED) is 0.511. The Morgan fingerprint density at radius 2 is 2.00 bits per heavy atom. The molecule has 3 rings (SSSR count). The van der Waals surface area contributed by atoms with E-state index in [0.29, 0.717) is 17.5 Å². The molecule has 0 aliphatic carbocycles. The maximum absolute atomic E-state index is 12.4. The molecular formula is C18H20N2O7S. The lowest BCUT2D eigenvalue weighted by atomic mass is 9.98. The maximum atomic E-state index is 12.4. The molecule has 1 saturated heterocycles. The Bertz CT molecular complexity index is 941. The molecule has 0 radical (unpaired) electrons. The number of rotatable bonds is 5. The van der Waals surface area contributed by atoms with Crippen molar-refractivity contribution < 1.29 is 32.3 Å². The summed E-state index contributed by atoms with van der Waals surface area (Å²) < 4.78 is 27.9. The van der Waals surface area contributed by atoms with E-state index in [1.165, 1.54) is 6.92 Å². The molecule has 1 N–H and O–H groups in total. The van der Waals surface area contributed by atoms with Crippen LogP contribution in [0.15, 0.2) is 24.3 Å². The summed E-state index contributed by atoms with van der Waals surface area (Å²) in [5.41, 5.74) is 0.949. The minimum absolute atomic E-state index is 0.00138. The van der Waals surface area contributed by atoms with Gasteiger partial charge in [0.25, 0.3) is 11.8 Å². The number of benzene rings is 1. The van der Waals surface area contributed by atoms with Crippen LogP contribution in [0.1, 0.15) is 29.3 Å². The van der Waals surface area contributed by atoms with Crippen LogP contribution in [-0.2, 0) is 35.4 Å². The summed E-state index contributed by atoms with van der Waals surface area (Å²) in [5.74, 6) is -2.77. The molecule has 150 valence electrons. The van der Waals surface area contributed by atoms with Crippen LogP contribution in [0.3, 0.4) is 0 Å². The molecule has 2 aliphatic rings. The van der Waals surface area contributed by atoms with Crippen LogP contribution in [0.5, 0.6) is 0 Å². The number of sulfone groups is 1. The Balaban J connectivity index is 1.55. The van der Waals surface area contributed by atoms with Crippen molar-refractivity contribution in [2.24, 2.45) is 0 Å².